The van der Waals surface area contributed by atoms with Crippen LogP contribution < -0.4 is 0 Å². The third kappa shape index (κ3) is 7.85. The minimum absolute atomic E-state index is 0.732. The molecule has 0 aromatic rings. The smallest absolute Gasteiger partial charge is 0.334 e. The number of thiocyanates is 1. The Labute approximate surface area is 98.4 Å². The molecule has 0 atom stereocenters. The van der Waals surface area contributed by atoms with Crippen LogP contribution in [0.3, 0.4) is 0 Å². The van der Waals surface area contributed by atoms with E-state index >= 15 is 0 Å². The number of nitriles is 1. The number of hydrogen-bond donors (Lipinski definition) is 0. The van der Waals surface area contributed by atoms with Crippen molar-refractivity contribution in [2.24, 2.45) is 0 Å². The lowest BCUT2D eigenvalue weighted by molar-refractivity contribution is 0.188. The van der Waals surface area contributed by atoms with Gasteiger partial charge in [0, 0.05) is 19.0 Å². The Morgan fingerprint density at radius 3 is 2.27 bits per heavy atom. The van der Waals surface area contributed by atoms with E-state index < -0.39 is 8.56 Å². The maximum absolute atomic E-state index is 8.37. The molecule has 3 nitrogen and oxygen atoms in total. The summed E-state index contributed by atoms with van der Waals surface area (Å²) in [5, 5.41) is 10.4. The molecular formula is C10H21NO2SSi. The molecule has 5 heteroatoms. The van der Waals surface area contributed by atoms with Crippen LogP contribution in [0.1, 0.15) is 26.7 Å². The molecule has 0 saturated heterocycles. The van der Waals surface area contributed by atoms with Gasteiger partial charge < -0.3 is 8.85 Å². The molecular weight excluding hydrogens is 226 g/mol. The van der Waals surface area contributed by atoms with E-state index in [4.69, 9.17) is 14.1 Å². The number of hydrogen-bond acceptors (Lipinski definition) is 4. The molecule has 0 aromatic heterocycles. The van der Waals surface area contributed by atoms with Gasteiger partial charge in [-0.15, -0.1) is 0 Å². The number of rotatable bonds is 9. The summed E-state index contributed by atoms with van der Waals surface area (Å²) < 4.78 is 11.4. The molecule has 0 saturated carbocycles. The number of unbranched alkanes of at least 4 members (excludes halogenated alkanes) is 1. The first-order valence-electron chi connectivity index (χ1n) is 5.47. The normalized spacial score (nSPS) is 11.3. The van der Waals surface area contributed by atoms with Crippen molar-refractivity contribution in [1.82, 2.24) is 0 Å². The van der Waals surface area contributed by atoms with Crippen molar-refractivity contribution in [2.45, 2.75) is 39.3 Å². The third-order valence-corrected chi connectivity index (χ3v) is 5.77. The fourth-order valence-corrected chi connectivity index (χ4v) is 4.39. The first-order chi connectivity index (χ1) is 7.18. The van der Waals surface area contributed by atoms with Gasteiger partial charge in [-0.3, -0.25) is 0 Å². The average Bonchev–Trinajstić information content (AvgIpc) is 2.18. The number of thioether (sulfide) groups is 1. The fourth-order valence-electron chi connectivity index (χ4n) is 1.46. The molecule has 0 heterocycles. The zero-order valence-corrected chi connectivity index (χ0v) is 11.7. The van der Waals surface area contributed by atoms with Gasteiger partial charge in [-0.1, -0.05) is 6.42 Å². The minimum atomic E-state index is -1.90. The molecule has 0 spiro atoms. The Hall–Kier alpha value is -0.0231. The Kier molecular flexibility index (Phi) is 9.21. The van der Waals surface area contributed by atoms with Crippen molar-refractivity contribution >= 4 is 20.3 Å². The molecule has 0 bridgehead atoms. The van der Waals surface area contributed by atoms with E-state index in [0.29, 0.717) is 0 Å². The van der Waals surface area contributed by atoms with Crippen LogP contribution in [0.15, 0.2) is 0 Å². The summed E-state index contributed by atoms with van der Waals surface area (Å²) in [5.41, 5.74) is 0. The summed E-state index contributed by atoms with van der Waals surface area (Å²) in [4.78, 5) is 0. The fraction of sp³-hybridized carbons (Fsp3) is 0.900. The largest absolute Gasteiger partial charge is 0.395 e. The topological polar surface area (TPSA) is 42.2 Å². The van der Waals surface area contributed by atoms with Crippen molar-refractivity contribution in [3.05, 3.63) is 0 Å². The van der Waals surface area contributed by atoms with Gasteiger partial charge in [0.1, 0.15) is 5.40 Å². The van der Waals surface area contributed by atoms with E-state index in [1.54, 1.807) is 0 Å². The molecule has 0 aromatic carbocycles. The first-order valence-corrected chi connectivity index (χ1v) is 8.98. The molecule has 15 heavy (non-hydrogen) atoms. The van der Waals surface area contributed by atoms with Crippen LogP contribution in [0, 0.1) is 10.7 Å². The van der Waals surface area contributed by atoms with Crippen molar-refractivity contribution in [3.8, 4) is 5.40 Å². The quantitative estimate of drug-likeness (QED) is 0.357. The second-order valence-electron chi connectivity index (χ2n) is 3.40. The average molecular weight is 247 g/mol. The second-order valence-corrected chi connectivity index (χ2v) is 7.62. The lowest BCUT2D eigenvalue weighted by Crippen LogP contribution is -2.38. The Bertz CT molecular complexity index is 190. The van der Waals surface area contributed by atoms with Gasteiger partial charge >= 0.3 is 8.56 Å². The summed E-state index contributed by atoms with van der Waals surface area (Å²) in [7, 11) is -1.90. The molecule has 0 fully saturated rings. The summed E-state index contributed by atoms with van der Waals surface area (Å²) in [5.74, 6) is 0.916. The zero-order chi connectivity index (χ0) is 11.6. The predicted octanol–water partition coefficient (Wildman–Crippen LogP) is 3.13. The summed E-state index contributed by atoms with van der Waals surface area (Å²) in [6, 6.07) is 1.03. The molecule has 0 aliphatic rings. The summed E-state index contributed by atoms with van der Waals surface area (Å²) in [6.07, 6.45) is 2.17. The van der Waals surface area contributed by atoms with Gasteiger partial charge in [0.05, 0.1) is 0 Å². The highest BCUT2D eigenvalue weighted by atomic mass is 32.2. The molecule has 0 aliphatic carbocycles. The Morgan fingerprint density at radius 1 is 1.20 bits per heavy atom. The molecule has 0 aliphatic heterocycles. The van der Waals surface area contributed by atoms with Crippen molar-refractivity contribution in [2.75, 3.05) is 19.0 Å². The number of nitrogens with zero attached hydrogens (tertiary/aromatic N) is 1. The van der Waals surface area contributed by atoms with Crippen LogP contribution in [0.25, 0.3) is 0 Å². The zero-order valence-electron chi connectivity index (χ0n) is 9.91. The van der Waals surface area contributed by atoms with Crippen LogP contribution in [0.4, 0.5) is 0 Å². The van der Waals surface area contributed by atoms with E-state index in [2.05, 4.69) is 11.9 Å². The Morgan fingerprint density at radius 2 is 1.80 bits per heavy atom. The molecule has 0 rings (SSSR count). The van der Waals surface area contributed by atoms with Gasteiger partial charge in [0.2, 0.25) is 0 Å². The van der Waals surface area contributed by atoms with E-state index in [-0.39, 0.29) is 0 Å². The second kappa shape index (κ2) is 9.22. The molecule has 0 unspecified atom stereocenters. The van der Waals surface area contributed by atoms with Crippen LogP contribution >= 0.6 is 11.8 Å². The van der Waals surface area contributed by atoms with Gasteiger partial charge in [0.25, 0.3) is 0 Å². The lowest BCUT2D eigenvalue weighted by Gasteiger charge is -2.25. The predicted molar refractivity (Wildman–Crippen MR) is 67.0 cm³/mol. The minimum Gasteiger partial charge on any atom is -0.395 e. The molecule has 0 amide bonds. The summed E-state index contributed by atoms with van der Waals surface area (Å²) in [6.45, 7) is 7.61. The SMILES string of the molecule is CCO[Si](C)(CCCCSC#N)OCC. The van der Waals surface area contributed by atoms with Crippen LogP contribution in [0.2, 0.25) is 12.6 Å². The summed E-state index contributed by atoms with van der Waals surface area (Å²) >= 11 is 1.32. The maximum atomic E-state index is 8.37. The van der Waals surface area contributed by atoms with E-state index in [1.807, 2.05) is 13.8 Å². The van der Waals surface area contributed by atoms with Gasteiger partial charge in [-0.25, -0.2) is 0 Å². The monoisotopic (exact) mass is 247 g/mol. The van der Waals surface area contributed by atoms with Crippen LogP contribution in [-0.4, -0.2) is 27.5 Å². The highest BCUT2D eigenvalue weighted by Crippen LogP contribution is 2.18. The Balaban J connectivity index is 3.71. The van der Waals surface area contributed by atoms with Crippen molar-refractivity contribution in [1.29, 1.82) is 5.26 Å². The van der Waals surface area contributed by atoms with Gasteiger partial charge in [-0.05, 0) is 44.6 Å². The molecule has 0 N–H and O–H groups in total. The first kappa shape index (κ1) is 15.0. The van der Waals surface area contributed by atoms with Crippen LogP contribution in [-0.2, 0) is 8.85 Å². The van der Waals surface area contributed by atoms with Gasteiger partial charge in [-0.2, -0.15) is 5.26 Å². The third-order valence-electron chi connectivity index (χ3n) is 2.09. The van der Waals surface area contributed by atoms with Crippen LogP contribution in [0.5, 0.6) is 0 Å². The lowest BCUT2D eigenvalue weighted by atomic mass is 10.4. The highest BCUT2D eigenvalue weighted by Gasteiger charge is 2.29. The molecule has 88 valence electrons. The van der Waals surface area contributed by atoms with Crippen molar-refractivity contribution < 1.29 is 8.85 Å². The van der Waals surface area contributed by atoms with Gasteiger partial charge in [0.15, 0.2) is 0 Å². The van der Waals surface area contributed by atoms with E-state index in [1.165, 1.54) is 11.8 Å². The molecule has 0 radical (unpaired) electrons. The maximum Gasteiger partial charge on any atom is 0.334 e. The highest BCUT2D eigenvalue weighted by molar-refractivity contribution is 8.03. The van der Waals surface area contributed by atoms with E-state index in [0.717, 1.165) is 37.9 Å². The standard InChI is InChI=1S/C10H21NO2SSi/c1-4-12-15(3,13-5-2)9-7-6-8-14-10-11/h4-9H2,1-3H3. The van der Waals surface area contributed by atoms with E-state index in [9.17, 15) is 0 Å². The van der Waals surface area contributed by atoms with Crippen molar-refractivity contribution in [3.63, 3.8) is 0 Å².